The van der Waals surface area contributed by atoms with E-state index < -0.39 is 0 Å². The standard InChI is InChI=1S/C11H12NO2/c13-10-6-7-12(8-10)11(14)9-4-2-1-3-5-9/h2-5,10,13H,6-8H2/t10-/m1/s1. The molecule has 0 saturated carbocycles. The van der Waals surface area contributed by atoms with E-state index in [0.29, 0.717) is 25.1 Å². The van der Waals surface area contributed by atoms with Gasteiger partial charge in [-0.1, -0.05) is 12.1 Å². The van der Waals surface area contributed by atoms with Crippen LogP contribution in [-0.4, -0.2) is 35.1 Å². The number of benzene rings is 1. The van der Waals surface area contributed by atoms with E-state index in [2.05, 4.69) is 6.07 Å². The number of aliphatic hydroxyl groups is 1. The van der Waals surface area contributed by atoms with E-state index in [9.17, 15) is 9.90 Å². The van der Waals surface area contributed by atoms with Gasteiger partial charge in [-0.25, -0.2) is 0 Å². The van der Waals surface area contributed by atoms with Crippen LogP contribution in [0.3, 0.4) is 0 Å². The molecule has 1 aromatic rings. The number of β-amino-alcohol motifs (C(OH)–C–C–N with tert-alkyl or cyclic N) is 1. The molecule has 1 amide bonds. The number of hydrogen-bond donors (Lipinski definition) is 1. The summed E-state index contributed by atoms with van der Waals surface area (Å²) in [5.74, 6) is -0.00412. The first-order valence-electron chi connectivity index (χ1n) is 4.71. The summed E-state index contributed by atoms with van der Waals surface area (Å²) in [6.45, 7) is 1.11. The third-order valence-corrected chi connectivity index (χ3v) is 2.42. The molecule has 1 aromatic carbocycles. The maximum absolute atomic E-state index is 11.8. The Labute approximate surface area is 83.0 Å². The summed E-state index contributed by atoms with van der Waals surface area (Å²) in [5.41, 5.74) is 0.665. The fourth-order valence-corrected chi connectivity index (χ4v) is 1.64. The van der Waals surface area contributed by atoms with Crippen LogP contribution < -0.4 is 0 Å². The van der Waals surface area contributed by atoms with E-state index >= 15 is 0 Å². The molecule has 3 nitrogen and oxygen atoms in total. The predicted molar refractivity (Wildman–Crippen MR) is 51.8 cm³/mol. The number of carbonyl (C=O) groups is 1. The van der Waals surface area contributed by atoms with Crippen molar-refractivity contribution in [1.29, 1.82) is 0 Å². The second kappa shape index (κ2) is 3.80. The molecule has 1 aliphatic heterocycles. The second-order valence-corrected chi connectivity index (χ2v) is 3.48. The third kappa shape index (κ3) is 1.77. The highest BCUT2D eigenvalue weighted by molar-refractivity contribution is 5.94. The van der Waals surface area contributed by atoms with Gasteiger partial charge in [0.1, 0.15) is 0 Å². The van der Waals surface area contributed by atoms with E-state index in [0.717, 1.165) is 0 Å². The number of hydrogen-bond acceptors (Lipinski definition) is 2. The lowest BCUT2D eigenvalue weighted by Crippen LogP contribution is -2.29. The summed E-state index contributed by atoms with van der Waals surface area (Å²) in [4.78, 5) is 13.5. The quantitative estimate of drug-likeness (QED) is 0.708. The third-order valence-electron chi connectivity index (χ3n) is 2.42. The van der Waals surface area contributed by atoms with Gasteiger partial charge in [0.15, 0.2) is 0 Å². The normalized spacial score (nSPS) is 21.2. The molecule has 0 bridgehead atoms. The largest absolute Gasteiger partial charge is 0.391 e. The van der Waals surface area contributed by atoms with Gasteiger partial charge in [0, 0.05) is 18.7 Å². The Hall–Kier alpha value is -1.35. The number of rotatable bonds is 1. The molecule has 0 aromatic heterocycles. The Morgan fingerprint density at radius 3 is 2.79 bits per heavy atom. The zero-order chi connectivity index (χ0) is 9.97. The topological polar surface area (TPSA) is 40.5 Å². The second-order valence-electron chi connectivity index (χ2n) is 3.48. The van der Waals surface area contributed by atoms with Crippen molar-refractivity contribution < 1.29 is 9.90 Å². The zero-order valence-corrected chi connectivity index (χ0v) is 7.81. The van der Waals surface area contributed by atoms with Crippen molar-refractivity contribution in [2.45, 2.75) is 12.5 Å². The van der Waals surface area contributed by atoms with Crippen LogP contribution in [0.4, 0.5) is 0 Å². The van der Waals surface area contributed by atoms with E-state index in [1.165, 1.54) is 0 Å². The number of nitrogens with zero attached hydrogens (tertiary/aromatic N) is 1. The lowest BCUT2D eigenvalue weighted by Gasteiger charge is -2.14. The summed E-state index contributed by atoms with van der Waals surface area (Å²) in [5, 5.41) is 9.30. The summed E-state index contributed by atoms with van der Waals surface area (Å²) < 4.78 is 0. The molecule has 1 radical (unpaired) electrons. The first-order chi connectivity index (χ1) is 6.77. The summed E-state index contributed by atoms with van der Waals surface area (Å²) >= 11 is 0. The molecule has 14 heavy (non-hydrogen) atoms. The molecule has 2 rings (SSSR count). The van der Waals surface area contributed by atoms with Crippen molar-refractivity contribution in [2.75, 3.05) is 13.1 Å². The molecule has 1 aliphatic rings. The maximum atomic E-state index is 11.8. The monoisotopic (exact) mass is 190 g/mol. The van der Waals surface area contributed by atoms with Crippen LogP contribution in [0.15, 0.2) is 24.3 Å². The highest BCUT2D eigenvalue weighted by Gasteiger charge is 2.24. The summed E-state index contributed by atoms with van der Waals surface area (Å²) in [6.07, 6.45) is 0.333. The zero-order valence-electron chi connectivity index (χ0n) is 7.81. The Balaban J connectivity index is 2.10. The Morgan fingerprint density at radius 1 is 1.50 bits per heavy atom. The lowest BCUT2D eigenvalue weighted by molar-refractivity contribution is 0.0765. The van der Waals surface area contributed by atoms with Gasteiger partial charge in [-0.15, -0.1) is 0 Å². The molecular weight excluding hydrogens is 178 g/mol. The van der Waals surface area contributed by atoms with Gasteiger partial charge in [-0.05, 0) is 24.6 Å². The summed E-state index contributed by atoms with van der Waals surface area (Å²) in [6, 6.07) is 9.80. The van der Waals surface area contributed by atoms with Gasteiger partial charge in [0.25, 0.3) is 5.91 Å². The lowest BCUT2D eigenvalue weighted by atomic mass is 10.2. The smallest absolute Gasteiger partial charge is 0.253 e. The van der Waals surface area contributed by atoms with Crippen molar-refractivity contribution >= 4 is 5.91 Å². The van der Waals surface area contributed by atoms with Gasteiger partial charge < -0.3 is 10.0 Å². The van der Waals surface area contributed by atoms with Gasteiger partial charge in [0.2, 0.25) is 0 Å². The number of amides is 1. The number of likely N-dealkylation sites (tertiary alicyclic amines) is 1. The van der Waals surface area contributed by atoms with Crippen LogP contribution in [0.25, 0.3) is 0 Å². The first-order valence-corrected chi connectivity index (χ1v) is 4.71. The first kappa shape index (κ1) is 9.21. The molecule has 1 fully saturated rings. The fourth-order valence-electron chi connectivity index (χ4n) is 1.64. The molecule has 3 heteroatoms. The number of aliphatic hydroxyl groups excluding tert-OH is 1. The molecule has 1 heterocycles. The highest BCUT2D eigenvalue weighted by Crippen LogP contribution is 2.12. The summed E-state index contributed by atoms with van der Waals surface area (Å²) in [7, 11) is 0. The SMILES string of the molecule is O=C(c1cc[c]cc1)N1CC[C@@H](O)C1. The predicted octanol–water partition coefficient (Wildman–Crippen LogP) is 0.694. The molecule has 1 atom stereocenters. The average molecular weight is 190 g/mol. The average Bonchev–Trinajstić information content (AvgIpc) is 2.65. The minimum Gasteiger partial charge on any atom is -0.391 e. The molecule has 0 spiro atoms. The Kier molecular flexibility index (Phi) is 2.50. The minimum absolute atomic E-state index is 0.00412. The van der Waals surface area contributed by atoms with Gasteiger partial charge in [0.05, 0.1) is 6.10 Å². The van der Waals surface area contributed by atoms with Crippen LogP contribution in [-0.2, 0) is 0 Å². The maximum Gasteiger partial charge on any atom is 0.253 e. The van der Waals surface area contributed by atoms with Crippen molar-refractivity contribution in [2.24, 2.45) is 0 Å². The molecule has 0 unspecified atom stereocenters. The van der Waals surface area contributed by atoms with Crippen molar-refractivity contribution in [3.05, 3.63) is 35.9 Å². The van der Waals surface area contributed by atoms with E-state index in [-0.39, 0.29) is 12.0 Å². The van der Waals surface area contributed by atoms with Crippen molar-refractivity contribution in [3.63, 3.8) is 0 Å². The Bertz CT molecular complexity index is 323. The van der Waals surface area contributed by atoms with Gasteiger partial charge in [-0.3, -0.25) is 4.79 Å². The van der Waals surface area contributed by atoms with Crippen LogP contribution in [0, 0.1) is 6.07 Å². The van der Waals surface area contributed by atoms with E-state index in [1.807, 2.05) is 0 Å². The minimum atomic E-state index is -0.353. The molecule has 73 valence electrons. The highest BCUT2D eigenvalue weighted by atomic mass is 16.3. The fraction of sp³-hybridized carbons (Fsp3) is 0.364. The van der Waals surface area contributed by atoms with Crippen LogP contribution in [0.2, 0.25) is 0 Å². The van der Waals surface area contributed by atoms with Crippen LogP contribution in [0.5, 0.6) is 0 Å². The van der Waals surface area contributed by atoms with Crippen molar-refractivity contribution in [3.8, 4) is 0 Å². The molecular formula is C11H12NO2. The van der Waals surface area contributed by atoms with Crippen LogP contribution >= 0.6 is 0 Å². The van der Waals surface area contributed by atoms with Gasteiger partial charge >= 0.3 is 0 Å². The van der Waals surface area contributed by atoms with Crippen molar-refractivity contribution in [1.82, 2.24) is 4.90 Å². The van der Waals surface area contributed by atoms with E-state index in [1.54, 1.807) is 29.2 Å². The van der Waals surface area contributed by atoms with Crippen LogP contribution in [0.1, 0.15) is 16.8 Å². The Morgan fingerprint density at radius 2 is 2.21 bits per heavy atom. The van der Waals surface area contributed by atoms with E-state index in [4.69, 9.17) is 0 Å². The number of carbonyl (C=O) groups excluding carboxylic acids is 1. The molecule has 0 aliphatic carbocycles. The molecule has 1 N–H and O–H groups in total. The van der Waals surface area contributed by atoms with Gasteiger partial charge in [-0.2, -0.15) is 0 Å². The molecule has 1 saturated heterocycles.